The maximum atomic E-state index is 7.20. The van der Waals surface area contributed by atoms with Crippen molar-refractivity contribution < 1.29 is 9.16 Å². The van der Waals surface area contributed by atoms with E-state index in [1.807, 2.05) is 6.07 Å². The Morgan fingerprint density at radius 3 is 1.71 bits per heavy atom. The Morgan fingerprint density at radius 2 is 1.21 bits per heavy atom. The Hall–Kier alpha value is -2.24. The van der Waals surface area contributed by atoms with Crippen molar-refractivity contribution in [1.29, 1.82) is 0 Å². The third-order valence-corrected chi connectivity index (χ3v) is 12.3. The first kappa shape index (κ1) is 24.9. The molecule has 4 heteroatoms. The average molecular weight is 474 g/mol. The molecule has 0 spiro atoms. The minimum absolute atomic E-state index is 0.00504. The Bertz CT molecular complexity index is 965. The van der Waals surface area contributed by atoms with Crippen molar-refractivity contribution in [1.82, 2.24) is 4.90 Å². The molecular formula is C30H39NO2Si. The lowest BCUT2D eigenvalue weighted by Crippen LogP contribution is -2.67. The van der Waals surface area contributed by atoms with Crippen LogP contribution in [0.15, 0.2) is 91.0 Å². The van der Waals surface area contributed by atoms with E-state index in [2.05, 4.69) is 118 Å². The number of hydrogen-bond donors (Lipinski definition) is 0. The lowest BCUT2D eigenvalue weighted by molar-refractivity contribution is 0.0592. The molecular weight excluding hydrogens is 434 g/mol. The summed E-state index contributed by atoms with van der Waals surface area (Å²) in [4.78, 5) is 2.49. The van der Waals surface area contributed by atoms with Crippen molar-refractivity contribution in [3.63, 3.8) is 0 Å². The second kappa shape index (κ2) is 11.0. The molecule has 0 N–H and O–H groups in total. The predicted octanol–water partition coefficient (Wildman–Crippen LogP) is 5.24. The zero-order chi connectivity index (χ0) is 24.0. The summed E-state index contributed by atoms with van der Waals surface area (Å²) in [7, 11) is -0.257. The second-order valence-electron chi connectivity index (χ2n) is 10.5. The van der Waals surface area contributed by atoms with Gasteiger partial charge in [-0.3, -0.25) is 4.90 Å². The maximum Gasteiger partial charge on any atom is 0.261 e. The molecule has 4 rings (SSSR count). The van der Waals surface area contributed by atoms with Crippen molar-refractivity contribution in [2.24, 2.45) is 0 Å². The van der Waals surface area contributed by atoms with Crippen LogP contribution in [-0.4, -0.2) is 45.6 Å². The lowest BCUT2D eigenvalue weighted by Gasteiger charge is -2.44. The SMILES string of the molecule is CN1[C@@H](CO[Si](c2ccccc2)(c2ccccc2)C(C)(C)C)CC[C@H]1COCc1ccccc1. The first-order chi connectivity index (χ1) is 16.4. The Labute approximate surface area is 206 Å². The van der Waals surface area contributed by atoms with Crippen LogP contribution in [0.5, 0.6) is 0 Å². The molecule has 0 unspecified atom stereocenters. The van der Waals surface area contributed by atoms with E-state index in [0.717, 1.165) is 26.1 Å². The van der Waals surface area contributed by atoms with E-state index in [4.69, 9.17) is 9.16 Å². The Kier molecular flexibility index (Phi) is 8.05. The molecule has 0 amide bonds. The van der Waals surface area contributed by atoms with Crippen LogP contribution in [0.3, 0.4) is 0 Å². The highest BCUT2D eigenvalue weighted by atomic mass is 28.4. The van der Waals surface area contributed by atoms with E-state index in [9.17, 15) is 0 Å². The monoisotopic (exact) mass is 473 g/mol. The molecule has 1 heterocycles. The molecule has 34 heavy (non-hydrogen) atoms. The van der Waals surface area contributed by atoms with Gasteiger partial charge in [-0.1, -0.05) is 112 Å². The van der Waals surface area contributed by atoms with Crippen LogP contribution in [0.25, 0.3) is 0 Å². The van der Waals surface area contributed by atoms with Crippen molar-refractivity contribution in [3.8, 4) is 0 Å². The average Bonchev–Trinajstić information content (AvgIpc) is 3.20. The molecule has 3 aromatic rings. The van der Waals surface area contributed by atoms with Gasteiger partial charge in [0, 0.05) is 12.1 Å². The van der Waals surface area contributed by atoms with Gasteiger partial charge in [-0.15, -0.1) is 0 Å². The largest absolute Gasteiger partial charge is 0.406 e. The van der Waals surface area contributed by atoms with Crippen LogP contribution in [0.4, 0.5) is 0 Å². The Morgan fingerprint density at radius 1 is 0.735 bits per heavy atom. The Balaban J connectivity index is 1.48. The molecule has 3 nitrogen and oxygen atoms in total. The highest BCUT2D eigenvalue weighted by Gasteiger charge is 2.50. The van der Waals surface area contributed by atoms with Gasteiger partial charge in [0.15, 0.2) is 0 Å². The number of likely N-dealkylation sites (N-methyl/N-ethyl adjacent to an activating group) is 1. The zero-order valence-corrected chi connectivity index (χ0v) is 22.1. The summed E-state index contributed by atoms with van der Waals surface area (Å²) in [6.45, 7) is 9.22. The minimum Gasteiger partial charge on any atom is -0.406 e. The molecule has 0 aromatic heterocycles. The van der Waals surface area contributed by atoms with E-state index in [0.29, 0.717) is 18.7 Å². The summed E-state index contributed by atoms with van der Waals surface area (Å²) in [5.74, 6) is 0. The third kappa shape index (κ3) is 5.36. The number of benzene rings is 3. The summed E-state index contributed by atoms with van der Waals surface area (Å²) in [5, 5.41) is 2.69. The van der Waals surface area contributed by atoms with Crippen LogP contribution in [0.2, 0.25) is 5.04 Å². The molecule has 1 aliphatic heterocycles. The fraction of sp³-hybridized carbons (Fsp3) is 0.400. The summed E-state index contributed by atoms with van der Waals surface area (Å²) >= 11 is 0. The molecule has 0 saturated carbocycles. The van der Waals surface area contributed by atoms with Crippen LogP contribution >= 0.6 is 0 Å². The van der Waals surface area contributed by atoms with Crippen molar-refractivity contribution in [2.75, 3.05) is 20.3 Å². The fourth-order valence-electron chi connectivity index (χ4n) is 5.36. The van der Waals surface area contributed by atoms with Gasteiger partial charge in [0.2, 0.25) is 0 Å². The number of ether oxygens (including phenoxy) is 1. The molecule has 0 bridgehead atoms. The molecule has 0 aliphatic carbocycles. The predicted molar refractivity (Wildman–Crippen MR) is 144 cm³/mol. The molecule has 1 aliphatic rings. The van der Waals surface area contributed by atoms with Gasteiger partial charge >= 0.3 is 0 Å². The molecule has 0 radical (unpaired) electrons. The number of rotatable bonds is 9. The number of hydrogen-bond acceptors (Lipinski definition) is 3. The van der Waals surface area contributed by atoms with Crippen LogP contribution < -0.4 is 10.4 Å². The lowest BCUT2D eigenvalue weighted by atomic mass is 10.2. The first-order valence-electron chi connectivity index (χ1n) is 12.5. The van der Waals surface area contributed by atoms with Crippen molar-refractivity contribution >= 4 is 18.7 Å². The highest BCUT2D eigenvalue weighted by Crippen LogP contribution is 2.37. The van der Waals surface area contributed by atoms with Gasteiger partial charge in [-0.05, 0) is 40.9 Å². The molecule has 180 valence electrons. The van der Waals surface area contributed by atoms with E-state index < -0.39 is 8.32 Å². The maximum absolute atomic E-state index is 7.20. The number of likely N-dealkylation sites (tertiary alicyclic amines) is 1. The topological polar surface area (TPSA) is 21.7 Å². The number of nitrogens with zero attached hydrogens (tertiary/aromatic N) is 1. The van der Waals surface area contributed by atoms with Gasteiger partial charge in [0.1, 0.15) is 0 Å². The van der Waals surface area contributed by atoms with Gasteiger partial charge in [-0.25, -0.2) is 0 Å². The fourth-order valence-corrected chi connectivity index (χ4v) is 9.96. The standard InChI is InChI=1S/C30H39NO2Si/c1-30(2,3)34(28-16-10-6-11-17-28,29-18-12-7-13-19-29)33-24-27-21-20-26(31(27)4)23-32-22-25-14-8-5-9-15-25/h5-19,26-27H,20-24H2,1-4H3/t26-,27+/m0/s1. The van der Waals surface area contributed by atoms with Crippen LogP contribution in [0.1, 0.15) is 39.2 Å². The smallest absolute Gasteiger partial charge is 0.261 e. The minimum atomic E-state index is -2.50. The van der Waals surface area contributed by atoms with E-state index in [-0.39, 0.29) is 5.04 Å². The normalized spacial score (nSPS) is 19.4. The first-order valence-corrected chi connectivity index (χ1v) is 14.4. The third-order valence-electron chi connectivity index (χ3n) is 7.32. The summed E-state index contributed by atoms with van der Waals surface area (Å²) in [5.41, 5.74) is 1.23. The second-order valence-corrected chi connectivity index (χ2v) is 14.8. The molecule has 1 saturated heterocycles. The van der Waals surface area contributed by atoms with Crippen LogP contribution in [0, 0.1) is 0 Å². The van der Waals surface area contributed by atoms with Gasteiger partial charge in [-0.2, -0.15) is 0 Å². The highest BCUT2D eigenvalue weighted by molar-refractivity contribution is 6.99. The van der Waals surface area contributed by atoms with Crippen molar-refractivity contribution in [2.45, 2.75) is 57.3 Å². The van der Waals surface area contributed by atoms with Gasteiger partial charge in [0.05, 0.1) is 19.8 Å². The van der Waals surface area contributed by atoms with E-state index >= 15 is 0 Å². The molecule has 3 aromatic carbocycles. The van der Waals surface area contributed by atoms with Crippen LogP contribution in [-0.2, 0) is 15.8 Å². The van der Waals surface area contributed by atoms with Gasteiger partial charge in [0.25, 0.3) is 8.32 Å². The summed E-state index contributed by atoms with van der Waals surface area (Å²) in [6, 6.07) is 33.1. The van der Waals surface area contributed by atoms with E-state index in [1.165, 1.54) is 15.9 Å². The van der Waals surface area contributed by atoms with E-state index in [1.54, 1.807) is 0 Å². The molecule has 1 fully saturated rings. The molecule has 2 atom stereocenters. The van der Waals surface area contributed by atoms with Gasteiger partial charge < -0.3 is 9.16 Å². The quantitative estimate of drug-likeness (QED) is 0.397. The zero-order valence-electron chi connectivity index (χ0n) is 21.1. The van der Waals surface area contributed by atoms with Crippen molar-refractivity contribution in [3.05, 3.63) is 96.6 Å². The summed E-state index contributed by atoms with van der Waals surface area (Å²) < 4.78 is 13.3. The summed E-state index contributed by atoms with van der Waals surface area (Å²) in [6.07, 6.45) is 2.30.